The Morgan fingerprint density at radius 3 is 2.89 bits per heavy atom. The summed E-state index contributed by atoms with van der Waals surface area (Å²) in [6, 6.07) is 4.21. The molecule has 1 amide bonds. The van der Waals surface area contributed by atoms with Gasteiger partial charge in [-0.25, -0.2) is 0 Å². The van der Waals surface area contributed by atoms with Gasteiger partial charge in [-0.3, -0.25) is 10.1 Å². The summed E-state index contributed by atoms with van der Waals surface area (Å²) in [6.07, 6.45) is 6.71. The van der Waals surface area contributed by atoms with Crippen molar-refractivity contribution in [2.45, 2.75) is 57.2 Å². The van der Waals surface area contributed by atoms with Gasteiger partial charge in [0.25, 0.3) is 0 Å². The number of amides is 1. The average Bonchev–Trinajstić information content (AvgIpc) is 3.13. The van der Waals surface area contributed by atoms with Crippen LogP contribution in [0.15, 0.2) is 17.5 Å². The highest BCUT2D eigenvalue weighted by Crippen LogP contribution is 2.41. The molecule has 1 saturated heterocycles. The molecule has 1 unspecified atom stereocenters. The molecule has 1 saturated carbocycles. The molecule has 19 heavy (non-hydrogen) atoms. The Morgan fingerprint density at radius 1 is 1.47 bits per heavy atom. The SMILES string of the molecule is CCCCN1C(=O)C2(CCCC2)NC1c1cccs1. The van der Waals surface area contributed by atoms with Crippen LogP contribution in [0, 0.1) is 0 Å². The van der Waals surface area contributed by atoms with Crippen LogP contribution in [0.5, 0.6) is 0 Å². The first-order valence-electron chi connectivity index (χ1n) is 7.39. The van der Waals surface area contributed by atoms with E-state index in [0.717, 1.165) is 32.2 Å². The van der Waals surface area contributed by atoms with Crippen molar-refractivity contribution in [2.75, 3.05) is 6.54 Å². The summed E-state index contributed by atoms with van der Waals surface area (Å²) in [6.45, 7) is 3.06. The number of thiophene rings is 1. The highest BCUT2D eigenvalue weighted by atomic mass is 32.1. The van der Waals surface area contributed by atoms with E-state index < -0.39 is 0 Å². The van der Waals surface area contributed by atoms with E-state index in [0.29, 0.717) is 5.91 Å². The van der Waals surface area contributed by atoms with E-state index in [1.807, 2.05) is 0 Å². The Bertz CT molecular complexity index is 437. The molecule has 104 valence electrons. The van der Waals surface area contributed by atoms with Gasteiger partial charge < -0.3 is 4.90 Å². The minimum absolute atomic E-state index is 0.108. The molecule has 2 heterocycles. The number of nitrogens with zero attached hydrogens (tertiary/aromatic N) is 1. The van der Waals surface area contributed by atoms with Gasteiger partial charge in [0.15, 0.2) is 0 Å². The van der Waals surface area contributed by atoms with Crippen molar-refractivity contribution >= 4 is 17.2 Å². The van der Waals surface area contributed by atoms with Crippen LogP contribution in [0.25, 0.3) is 0 Å². The summed E-state index contributed by atoms with van der Waals surface area (Å²) in [5.41, 5.74) is -0.248. The van der Waals surface area contributed by atoms with Crippen molar-refractivity contribution in [3.8, 4) is 0 Å². The van der Waals surface area contributed by atoms with Crippen LogP contribution in [0.4, 0.5) is 0 Å². The fraction of sp³-hybridized carbons (Fsp3) is 0.667. The van der Waals surface area contributed by atoms with Crippen molar-refractivity contribution < 1.29 is 4.79 Å². The maximum atomic E-state index is 12.8. The summed E-state index contributed by atoms with van der Waals surface area (Å²) in [5.74, 6) is 0.344. The van der Waals surface area contributed by atoms with Crippen molar-refractivity contribution in [1.82, 2.24) is 10.2 Å². The second-order valence-corrected chi connectivity index (χ2v) is 6.68. The number of hydrogen-bond acceptors (Lipinski definition) is 3. The lowest BCUT2D eigenvalue weighted by Gasteiger charge is -2.23. The fourth-order valence-electron chi connectivity index (χ4n) is 3.36. The minimum Gasteiger partial charge on any atom is -0.320 e. The van der Waals surface area contributed by atoms with E-state index in [1.165, 1.54) is 17.7 Å². The number of carbonyl (C=O) groups excluding carboxylic acids is 1. The highest BCUT2D eigenvalue weighted by Gasteiger charge is 2.52. The largest absolute Gasteiger partial charge is 0.320 e. The molecule has 1 aromatic rings. The van der Waals surface area contributed by atoms with Gasteiger partial charge in [-0.1, -0.05) is 32.3 Å². The third kappa shape index (κ3) is 2.21. The lowest BCUT2D eigenvalue weighted by atomic mass is 9.98. The summed E-state index contributed by atoms with van der Waals surface area (Å²) in [7, 11) is 0. The number of unbranched alkanes of at least 4 members (excludes halogenated alkanes) is 1. The number of carbonyl (C=O) groups is 1. The number of nitrogens with one attached hydrogen (secondary N) is 1. The molecule has 0 aromatic carbocycles. The normalized spacial score (nSPS) is 25.6. The number of rotatable bonds is 4. The topological polar surface area (TPSA) is 32.3 Å². The quantitative estimate of drug-likeness (QED) is 0.916. The molecule has 1 spiro atoms. The summed E-state index contributed by atoms with van der Waals surface area (Å²) in [4.78, 5) is 16.2. The molecule has 1 aliphatic heterocycles. The third-order valence-corrected chi connectivity index (χ3v) is 5.34. The molecular formula is C15H22N2OS. The van der Waals surface area contributed by atoms with Crippen LogP contribution in [0.1, 0.15) is 56.5 Å². The van der Waals surface area contributed by atoms with Gasteiger partial charge in [0.2, 0.25) is 5.91 Å². The van der Waals surface area contributed by atoms with E-state index in [4.69, 9.17) is 0 Å². The predicted octanol–water partition coefficient (Wildman–Crippen LogP) is 3.29. The summed E-state index contributed by atoms with van der Waals surface area (Å²) >= 11 is 1.75. The standard InChI is InChI=1S/C15H22N2OS/c1-2-3-10-17-13(12-7-6-11-19-12)16-15(14(17)18)8-4-5-9-15/h6-7,11,13,16H,2-5,8-10H2,1H3. The van der Waals surface area contributed by atoms with Crippen molar-refractivity contribution in [3.05, 3.63) is 22.4 Å². The van der Waals surface area contributed by atoms with E-state index in [-0.39, 0.29) is 11.7 Å². The first kappa shape index (κ1) is 13.1. The van der Waals surface area contributed by atoms with Crippen LogP contribution < -0.4 is 5.32 Å². The molecule has 1 aromatic heterocycles. The second kappa shape index (κ2) is 5.25. The highest BCUT2D eigenvalue weighted by molar-refractivity contribution is 7.10. The Morgan fingerprint density at radius 2 is 2.26 bits per heavy atom. The first-order valence-corrected chi connectivity index (χ1v) is 8.27. The van der Waals surface area contributed by atoms with Gasteiger partial charge in [0, 0.05) is 11.4 Å². The molecule has 4 heteroatoms. The van der Waals surface area contributed by atoms with Crippen molar-refractivity contribution in [1.29, 1.82) is 0 Å². The molecule has 1 atom stereocenters. The van der Waals surface area contributed by atoms with Crippen LogP contribution in [0.3, 0.4) is 0 Å². The third-order valence-electron chi connectivity index (χ3n) is 4.42. The molecule has 0 radical (unpaired) electrons. The van der Waals surface area contributed by atoms with Gasteiger partial charge in [-0.15, -0.1) is 11.3 Å². The molecule has 3 nitrogen and oxygen atoms in total. The minimum atomic E-state index is -0.248. The van der Waals surface area contributed by atoms with E-state index in [2.05, 4.69) is 34.7 Å². The van der Waals surface area contributed by atoms with Gasteiger partial charge in [0.05, 0.1) is 5.54 Å². The molecule has 2 fully saturated rings. The molecule has 3 rings (SSSR count). The van der Waals surface area contributed by atoms with E-state index in [9.17, 15) is 4.79 Å². The monoisotopic (exact) mass is 278 g/mol. The van der Waals surface area contributed by atoms with Crippen molar-refractivity contribution in [2.24, 2.45) is 0 Å². The zero-order valence-electron chi connectivity index (χ0n) is 11.5. The lowest BCUT2D eigenvalue weighted by molar-refractivity contribution is -0.133. The first-order chi connectivity index (χ1) is 9.27. The van der Waals surface area contributed by atoms with Crippen molar-refractivity contribution in [3.63, 3.8) is 0 Å². The zero-order valence-corrected chi connectivity index (χ0v) is 12.3. The summed E-state index contributed by atoms with van der Waals surface area (Å²) < 4.78 is 0. The Kier molecular flexibility index (Phi) is 3.63. The number of hydrogen-bond donors (Lipinski definition) is 1. The smallest absolute Gasteiger partial charge is 0.244 e. The Balaban J connectivity index is 1.86. The molecule has 2 aliphatic rings. The fourth-order valence-corrected chi connectivity index (χ4v) is 4.15. The van der Waals surface area contributed by atoms with Crippen LogP contribution in [0.2, 0.25) is 0 Å². The lowest BCUT2D eigenvalue weighted by Crippen LogP contribution is -2.44. The maximum absolute atomic E-state index is 12.8. The zero-order chi connectivity index (χ0) is 13.3. The average molecular weight is 278 g/mol. The molecule has 1 aliphatic carbocycles. The summed E-state index contributed by atoms with van der Waals surface area (Å²) in [5, 5.41) is 5.76. The Labute approximate surface area is 119 Å². The van der Waals surface area contributed by atoms with Gasteiger partial charge in [0.1, 0.15) is 6.17 Å². The van der Waals surface area contributed by atoms with Crippen LogP contribution in [-0.4, -0.2) is 22.9 Å². The van der Waals surface area contributed by atoms with Gasteiger partial charge in [-0.05, 0) is 30.7 Å². The second-order valence-electron chi connectivity index (χ2n) is 5.70. The predicted molar refractivity (Wildman–Crippen MR) is 78.0 cm³/mol. The Hall–Kier alpha value is -0.870. The van der Waals surface area contributed by atoms with Gasteiger partial charge >= 0.3 is 0 Å². The van der Waals surface area contributed by atoms with E-state index >= 15 is 0 Å². The molecule has 1 N–H and O–H groups in total. The van der Waals surface area contributed by atoms with Crippen LogP contribution >= 0.6 is 11.3 Å². The van der Waals surface area contributed by atoms with Gasteiger partial charge in [-0.2, -0.15) is 0 Å². The molecule has 0 bridgehead atoms. The molecular weight excluding hydrogens is 256 g/mol. The maximum Gasteiger partial charge on any atom is 0.244 e. The van der Waals surface area contributed by atoms with E-state index in [1.54, 1.807) is 11.3 Å². The van der Waals surface area contributed by atoms with Crippen LogP contribution in [-0.2, 0) is 4.79 Å².